The first-order chi connectivity index (χ1) is 13.3. The van der Waals surface area contributed by atoms with Crippen molar-refractivity contribution in [3.8, 4) is 0 Å². The standard InChI is InChI=1S/C23H18N4/c1-16-6-2-3-8-19(16)23(21-15-25-22-9-5-13-26-27(21)22)18-10-11-20-17(14-18)7-4-12-24-20/h2-15,23H,1H3. The van der Waals surface area contributed by atoms with Crippen LogP contribution in [0.5, 0.6) is 0 Å². The highest BCUT2D eigenvalue weighted by Gasteiger charge is 2.23. The van der Waals surface area contributed by atoms with Gasteiger partial charge in [0.25, 0.3) is 0 Å². The number of aromatic nitrogens is 4. The first-order valence-corrected chi connectivity index (χ1v) is 9.00. The molecular formula is C23H18N4. The van der Waals surface area contributed by atoms with Crippen LogP contribution in [0.2, 0.25) is 0 Å². The Kier molecular flexibility index (Phi) is 3.68. The van der Waals surface area contributed by atoms with Crippen molar-refractivity contribution in [3.63, 3.8) is 0 Å². The molecule has 0 amide bonds. The quantitative estimate of drug-likeness (QED) is 0.471. The number of rotatable bonds is 3. The molecule has 2 aromatic carbocycles. The van der Waals surface area contributed by atoms with Gasteiger partial charge in [-0.1, -0.05) is 36.4 Å². The van der Waals surface area contributed by atoms with Crippen LogP contribution in [0.4, 0.5) is 0 Å². The number of benzene rings is 2. The average molecular weight is 350 g/mol. The molecule has 0 saturated carbocycles. The van der Waals surface area contributed by atoms with Gasteiger partial charge in [-0.25, -0.2) is 9.50 Å². The summed E-state index contributed by atoms with van der Waals surface area (Å²) in [6, 6.07) is 23.0. The minimum Gasteiger partial charge on any atom is -0.256 e. The Morgan fingerprint density at radius 3 is 2.67 bits per heavy atom. The second-order valence-electron chi connectivity index (χ2n) is 6.72. The Morgan fingerprint density at radius 2 is 1.74 bits per heavy atom. The van der Waals surface area contributed by atoms with Crippen molar-refractivity contribution in [3.05, 3.63) is 108 Å². The summed E-state index contributed by atoms with van der Waals surface area (Å²) >= 11 is 0. The van der Waals surface area contributed by atoms with Gasteiger partial charge in [0.2, 0.25) is 0 Å². The molecule has 27 heavy (non-hydrogen) atoms. The smallest absolute Gasteiger partial charge is 0.153 e. The summed E-state index contributed by atoms with van der Waals surface area (Å²) < 4.78 is 1.94. The summed E-state index contributed by atoms with van der Waals surface area (Å²) in [5.74, 6) is 0.0423. The van der Waals surface area contributed by atoms with E-state index in [4.69, 9.17) is 0 Å². The maximum absolute atomic E-state index is 4.57. The minimum absolute atomic E-state index is 0.0423. The molecular weight excluding hydrogens is 332 g/mol. The van der Waals surface area contributed by atoms with Crippen LogP contribution in [0, 0.1) is 6.92 Å². The molecule has 0 spiro atoms. The van der Waals surface area contributed by atoms with Gasteiger partial charge < -0.3 is 0 Å². The van der Waals surface area contributed by atoms with Crippen molar-refractivity contribution in [1.29, 1.82) is 0 Å². The molecule has 0 aliphatic heterocycles. The summed E-state index contributed by atoms with van der Waals surface area (Å²) in [5.41, 5.74) is 6.63. The fourth-order valence-corrected chi connectivity index (χ4v) is 3.74. The molecule has 3 heterocycles. The molecule has 130 valence electrons. The van der Waals surface area contributed by atoms with Gasteiger partial charge in [0.05, 0.1) is 23.3 Å². The fraction of sp³-hybridized carbons (Fsp3) is 0.0870. The minimum atomic E-state index is 0.0423. The molecule has 0 bridgehead atoms. The molecule has 3 aromatic heterocycles. The van der Waals surface area contributed by atoms with Gasteiger partial charge in [-0.15, -0.1) is 0 Å². The van der Waals surface area contributed by atoms with Crippen LogP contribution in [0.3, 0.4) is 0 Å². The van der Waals surface area contributed by atoms with E-state index in [1.807, 2.05) is 35.1 Å². The second kappa shape index (κ2) is 6.32. The van der Waals surface area contributed by atoms with E-state index in [1.54, 1.807) is 6.20 Å². The second-order valence-corrected chi connectivity index (χ2v) is 6.72. The van der Waals surface area contributed by atoms with Gasteiger partial charge >= 0.3 is 0 Å². The lowest BCUT2D eigenvalue weighted by molar-refractivity contribution is 0.812. The van der Waals surface area contributed by atoms with Gasteiger partial charge in [-0.3, -0.25) is 4.98 Å². The van der Waals surface area contributed by atoms with E-state index < -0.39 is 0 Å². The van der Waals surface area contributed by atoms with Gasteiger partial charge in [-0.05, 0) is 53.9 Å². The molecule has 0 radical (unpaired) electrons. The third kappa shape index (κ3) is 2.66. The molecule has 0 fully saturated rings. The van der Waals surface area contributed by atoms with Gasteiger partial charge in [-0.2, -0.15) is 5.10 Å². The Labute approximate surface area is 157 Å². The molecule has 5 aromatic rings. The Bertz CT molecular complexity index is 1260. The lowest BCUT2D eigenvalue weighted by atomic mass is 9.86. The normalized spacial score (nSPS) is 12.5. The zero-order chi connectivity index (χ0) is 18.2. The van der Waals surface area contributed by atoms with E-state index in [9.17, 15) is 0 Å². The largest absolute Gasteiger partial charge is 0.256 e. The van der Waals surface area contributed by atoms with E-state index in [2.05, 4.69) is 70.5 Å². The number of imidazole rings is 1. The maximum Gasteiger partial charge on any atom is 0.153 e. The number of pyridine rings is 1. The monoisotopic (exact) mass is 350 g/mol. The molecule has 0 aliphatic rings. The number of hydrogen-bond donors (Lipinski definition) is 0. The van der Waals surface area contributed by atoms with Crippen LogP contribution in [-0.4, -0.2) is 19.6 Å². The van der Waals surface area contributed by atoms with Crippen molar-refractivity contribution in [2.24, 2.45) is 0 Å². The highest BCUT2D eigenvalue weighted by molar-refractivity contribution is 5.79. The van der Waals surface area contributed by atoms with Crippen LogP contribution in [0.15, 0.2) is 85.3 Å². The van der Waals surface area contributed by atoms with Crippen LogP contribution in [0.25, 0.3) is 16.6 Å². The summed E-state index contributed by atoms with van der Waals surface area (Å²) in [7, 11) is 0. The number of aryl methyl sites for hydroxylation is 1. The first kappa shape index (κ1) is 15.7. The van der Waals surface area contributed by atoms with Gasteiger partial charge in [0.1, 0.15) is 0 Å². The number of hydrogen-bond acceptors (Lipinski definition) is 3. The molecule has 1 unspecified atom stereocenters. The Hall–Kier alpha value is -3.53. The summed E-state index contributed by atoms with van der Waals surface area (Å²) in [6.07, 6.45) is 5.57. The lowest BCUT2D eigenvalue weighted by Crippen LogP contribution is -2.09. The predicted octanol–water partition coefficient (Wildman–Crippen LogP) is 4.77. The van der Waals surface area contributed by atoms with Crippen molar-refractivity contribution < 1.29 is 0 Å². The maximum atomic E-state index is 4.57. The van der Waals surface area contributed by atoms with Crippen LogP contribution in [0.1, 0.15) is 28.3 Å². The SMILES string of the molecule is Cc1ccccc1C(c1ccc2ncccc2c1)c1cnc2cccnn12. The molecule has 1 atom stereocenters. The molecule has 4 nitrogen and oxygen atoms in total. The number of fused-ring (bicyclic) bond motifs is 2. The highest BCUT2D eigenvalue weighted by Crippen LogP contribution is 2.35. The van der Waals surface area contributed by atoms with Gasteiger partial charge in [0, 0.05) is 17.8 Å². The van der Waals surface area contributed by atoms with E-state index in [0.717, 1.165) is 22.2 Å². The zero-order valence-corrected chi connectivity index (χ0v) is 14.9. The van der Waals surface area contributed by atoms with Crippen LogP contribution >= 0.6 is 0 Å². The van der Waals surface area contributed by atoms with Crippen molar-refractivity contribution in [1.82, 2.24) is 19.6 Å². The van der Waals surface area contributed by atoms with Crippen molar-refractivity contribution in [2.75, 3.05) is 0 Å². The topological polar surface area (TPSA) is 43.1 Å². The zero-order valence-electron chi connectivity index (χ0n) is 14.9. The summed E-state index contributed by atoms with van der Waals surface area (Å²) in [5, 5.41) is 5.68. The van der Waals surface area contributed by atoms with Crippen molar-refractivity contribution in [2.45, 2.75) is 12.8 Å². The third-order valence-corrected chi connectivity index (χ3v) is 5.06. The number of nitrogens with zero attached hydrogens (tertiary/aromatic N) is 4. The summed E-state index contributed by atoms with van der Waals surface area (Å²) in [6.45, 7) is 2.15. The molecule has 0 saturated heterocycles. The van der Waals surface area contributed by atoms with Gasteiger partial charge in [0.15, 0.2) is 5.65 Å². The van der Waals surface area contributed by atoms with Crippen molar-refractivity contribution >= 4 is 16.6 Å². The molecule has 5 rings (SSSR count). The van der Waals surface area contributed by atoms with E-state index in [1.165, 1.54) is 16.7 Å². The predicted molar refractivity (Wildman–Crippen MR) is 107 cm³/mol. The average Bonchev–Trinajstić information content (AvgIpc) is 3.13. The van der Waals surface area contributed by atoms with E-state index in [-0.39, 0.29) is 5.92 Å². The van der Waals surface area contributed by atoms with E-state index in [0.29, 0.717) is 0 Å². The highest BCUT2D eigenvalue weighted by atomic mass is 15.3. The first-order valence-electron chi connectivity index (χ1n) is 9.00. The fourth-order valence-electron chi connectivity index (χ4n) is 3.74. The Morgan fingerprint density at radius 1 is 0.852 bits per heavy atom. The Balaban J connectivity index is 1.79. The van der Waals surface area contributed by atoms with E-state index >= 15 is 0 Å². The lowest BCUT2D eigenvalue weighted by Gasteiger charge is -2.20. The van der Waals surface area contributed by atoms with Crippen LogP contribution < -0.4 is 0 Å². The van der Waals surface area contributed by atoms with Crippen LogP contribution in [-0.2, 0) is 0 Å². The molecule has 0 aliphatic carbocycles. The summed E-state index contributed by atoms with van der Waals surface area (Å²) in [4.78, 5) is 9.03. The molecule has 4 heteroatoms. The molecule has 0 N–H and O–H groups in total. The third-order valence-electron chi connectivity index (χ3n) is 5.06.